The number of benzene rings is 1. The maximum absolute atomic E-state index is 13.6. The summed E-state index contributed by atoms with van der Waals surface area (Å²) in [6.45, 7) is 3.61. The van der Waals surface area contributed by atoms with Crippen molar-refractivity contribution >= 4 is 11.6 Å². The van der Waals surface area contributed by atoms with Gasteiger partial charge in [-0.15, -0.1) is 0 Å². The Morgan fingerprint density at radius 2 is 2.19 bits per heavy atom. The van der Waals surface area contributed by atoms with E-state index in [4.69, 9.17) is 22.1 Å². The normalized spacial score (nSPS) is 14.6. The second-order valence-corrected chi connectivity index (χ2v) is 3.92. The Morgan fingerprint density at radius 1 is 1.56 bits per heavy atom. The van der Waals surface area contributed by atoms with Crippen LogP contribution in [0.25, 0.3) is 0 Å². The predicted octanol–water partition coefficient (Wildman–Crippen LogP) is 2.26. The number of ether oxygens (including phenoxy) is 1. The van der Waals surface area contributed by atoms with Crippen LogP contribution >= 0.6 is 11.6 Å². The molecule has 0 saturated heterocycles. The molecular formula is C11H15ClFNO2. The lowest BCUT2D eigenvalue weighted by Gasteiger charge is -2.17. The Hall–Kier alpha value is -0.840. The van der Waals surface area contributed by atoms with Crippen molar-refractivity contribution in [1.82, 2.24) is 0 Å². The first-order valence-corrected chi connectivity index (χ1v) is 5.40. The van der Waals surface area contributed by atoms with Crippen LogP contribution in [0, 0.1) is 5.82 Å². The molecule has 0 heterocycles. The largest absolute Gasteiger partial charge is 0.489 e. The van der Waals surface area contributed by atoms with Crippen molar-refractivity contribution in [2.45, 2.75) is 26.0 Å². The highest BCUT2D eigenvalue weighted by molar-refractivity contribution is 6.32. The molecule has 90 valence electrons. The summed E-state index contributed by atoms with van der Waals surface area (Å²) in [6, 6.07) is 2.07. The molecule has 16 heavy (non-hydrogen) atoms. The number of rotatable bonds is 4. The average molecular weight is 248 g/mol. The minimum Gasteiger partial charge on any atom is -0.489 e. The molecule has 0 radical (unpaired) electrons. The van der Waals surface area contributed by atoms with E-state index in [1.165, 1.54) is 19.1 Å². The number of aliphatic hydroxyl groups excluding tert-OH is 1. The molecule has 0 unspecified atom stereocenters. The number of hydrogen-bond donors (Lipinski definition) is 2. The zero-order chi connectivity index (χ0) is 12.3. The van der Waals surface area contributed by atoms with Gasteiger partial charge in [0.2, 0.25) is 0 Å². The fourth-order valence-corrected chi connectivity index (χ4v) is 1.60. The van der Waals surface area contributed by atoms with Gasteiger partial charge in [0.1, 0.15) is 0 Å². The quantitative estimate of drug-likeness (QED) is 0.858. The molecule has 0 fully saturated rings. The van der Waals surface area contributed by atoms with Gasteiger partial charge in [0.05, 0.1) is 23.8 Å². The Morgan fingerprint density at radius 3 is 2.62 bits per heavy atom. The molecule has 0 spiro atoms. The number of aliphatic hydroxyl groups is 1. The zero-order valence-corrected chi connectivity index (χ0v) is 9.96. The van der Waals surface area contributed by atoms with Crippen molar-refractivity contribution < 1.29 is 14.2 Å². The van der Waals surface area contributed by atoms with Gasteiger partial charge in [-0.2, -0.15) is 0 Å². The Kier molecular flexibility index (Phi) is 4.53. The summed E-state index contributed by atoms with van der Waals surface area (Å²) in [5, 5.41) is 9.47. The molecule has 1 aromatic carbocycles. The number of halogens is 2. The van der Waals surface area contributed by atoms with Gasteiger partial charge in [0.25, 0.3) is 0 Å². The van der Waals surface area contributed by atoms with Gasteiger partial charge < -0.3 is 15.6 Å². The van der Waals surface area contributed by atoms with Crippen molar-refractivity contribution in [2.24, 2.45) is 5.73 Å². The van der Waals surface area contributed by atoms with Crippen LogP contribution in [-0.2, 0) is 0 Å². The van der Waals surface area contributed by atoms with Crippen molar-refractivity contribution in [3.63, 3.8) is 0 Å². The summed E-state index contributed by atoms with van der Waals surface area (Å²) in [4.78, 5) is 0. The molecule has 3 nitrogen and oxygen atoms in total. The highest BCUT2D eigenvalue weighted by atomic mass is 35.5. The highest BCUT2D eigenvalue weighted by Gasteiger charge is 2.17. The zero-order valence-electron chi connectivity index (χ0n) is 9.21. The summed E-state index contributed by atoms with van der Waals surface area (Å²) < 4.78 is 18.6. The minimum absolute atomic E-state index is 0.0192. The third-order valence-electron chi connectivity index (χ3n) is 2.21. The molecule has 2 atom stereocenters. The standard InChI is InChI=1S/C11H15ClFNO2/c1-3-16-11-8(12)4-7(5-9(11)13)10(14)6(2)15/h4-6,10,15H,3,14H2,1-2H3/t6-,10-/m0/s1. The summed E-state index contributed by atoms with van der Waals surface area (Å²) in [5.74, 6) is -0.550. The van der Waals surface area contributed by atoms with Gasteiger partial charge in [-0.25, -0.2) is 4.39 Å². The fourth-order valence-electron chi connectivity index (χ4n) is 1.33. The van der Waals surface area contributed by atoms with E-state index < -0.39 is 18.0 Å². The van der Waals surface area contributed by atoms with E-state index in [0.29, 0.717) is 12.2 Å². The third-order valence-corrected chi connectivity index (χ3v) is 2.49. The SMILES string of the molecule is CCOc1c(F)cc([C@@H](N)[C@H](C)O)cc1Cl. The van der Waals surface area contributed by atoms with Crippen LogP contribution in [0.1, 0.15) is 25.5 Å². The van der Waals surface area contributed by atoms with Crippen molar-refractivity contribution in [3.8, 4) is 5.75 Å². The molecule has 1 rings (SSSR count). The van der Waals surface area contributed by atoms with E-state index in [1.807, 2.05) is 0 Å². The van der Waals surface area contributed by atoms with E-state index in [0.717, 1.165) is 0 Å². The predicted molar refractivity (Wildman–Crippen MR) is 61.2 cm³/mol. The van der Waals surface area contributed by atoms with Gasteiger partial charge in [0, 0.05) is 0 Å². The molecule has 0 aliphatic rings. The molecule has 1 aromatic rings. The Bertz CT molecular complexity index is 348. The maximum atomic E-state index is 13.6. The van der Waals surface area contributed by atoms with Crippen molar-refractivity contribution in [2.75, 3.05) is 6.61 Å². The molecule has 0 amide bonds. The number of hydrogen-bond acceptors (Lipinski definition) is 3. The summed E-state index contributed by atoms with van der Waals surface area (Å²) in [6.07, 6.45) is -0.770. The van der Waals surface area contributed by atoms with Crippen molar-refractivity contribution in [3.05, 3.63) is 28.5 Å². The van der Waals surface area contributed by atoms with Crippen LogP contribution in [0.4, 0.5) is 4.39 Å². The molecule has 0 aliphatic heterocycles. The van der Waals surface area contributed by atoms with Crippen LogP contribution in [-0.4, -0.2) is 17.8 Å². The van der Waals surface area contributed by atoms with Crippen LogP contribution in [0.2, 0.25) is 5.02 Å². The molecule has 0 saturated carbocycles. The monoisotopic (exact) mass is 247 g/mol. The highest BCUT2D eigenvalue weighted by Crippen LogP contribution is 2.31. The van der Waals surface area contributed by atoms with Gasteiger partial charge in [0.15, 0.2) is 11.6 Å². The lowest BCUT2D eigenvalue weighted by molar-refractivity contribution is 0.164. The van der Waals surface area contributed by atoms with Gasteiger partial charge in [-0.05, 0) is 31.5 Å². The summed E-state index contributed by atoms with van der Waals surface area (Å²) >= 11 is 5.86. The number of nitrogens with two attached hydrogens (primary N) is 1. The van der Waals surface area contributed by atoms with Crippen LogP contribution in [0.15, 0.2) is 12.1 Å². The van der Waals surface area contributed by atoms with E-state index in [9.17, 15) is 9.50 Å². The van der Waals surface area contributed by atoms with Crippen LogP contribution in [0.5, 0.6) is 5.75 Å². The first kappa shape index (κ1) is 13.2. The molecule has 3 N–H and O–H groups in total. The lowest BCUT2D eigenvalue weighted by Crippen LogP contribution is -2.23. The molecule has 5 heteroatoms. The van der Waals surface area contributed by atoms with Gasteiger partial charge >= 0.3 is 0 Å². The van der Waals surface area contributed by atoms with Crippen LogP contribution < -0.4 is 10.5 Å². The maximum Gasteiger partial charge on any atom is 0.173 e. The first-order chi connectivity index (χ1) is 7.47. The van der Waals surface area contributed by atoms with Gasteiger partial charge in [-0.3, -0.25) is 0 Å². The molecule has 0 bridgehead atoms. The van der Waals surface area contributed by atoms with E-state index in [1.54, 1.807) is 6.92 Å². The molecular weight excluding hydrogens is 233 g/mol. The second-order valence-electron chi connectivity index (χ2n) is 3.51. The second kappa shape index (κ2) is 5.48. The third kappa shape index (κ3) is 2.84. The molecule has 0 aliphatic carbocycles. The lowest BCUT2D eigenvalue weighted by atomic mass is 10.0. The molecule has 0 aromatic heterocycles. The van der Waals surface area contributed by atoms with Crippen molar-refractivity contribution in [1.29, 1.82) is 0 Å². The average Bonchev–Trinajstić information content (AvgIpc) is 2.21. The van der Waals surface area contributed by atoms with E-state index in [-0.39, 0.29) is 10.8 Å². The fraction of sp³-hybridized carbons (Fsp3) is 0.455. The summed E-state index contributed by atoms with van der Waals surface area (Å²) in [5.41, 5.74) is 6.13. The topological polar surface area (TPSA) is 55.5 Å². The Labute approximate surface area is 99.0 Å². The Balaban J connectivity index is 3.09. The first-order valence-electron chi connectivity index (χ1n) is 5.02. The van der Waals surface area contributed by atoms with E-state index >= 15 is 0 Å². The smallest absolute Gasteiger partial charge is 0.173 e. The van der Waals surface area contributed by atoms with Crippen LogP contribution in [0.3, 0.4) is 0 Å². The van der Waals surface area contributed by atoms with Gasteiger partial charge in [-0.1, -0.05) is 11.6 Å². The van der Waals surface area contributed by atoms with E-state index in [2.05, 4.69) is 0 Å². The minimum atomic E-state index is -0.770. The summed E-state index contributed by atoms with van der Waals surface area (Å²) in [7, 11) is 0.